The second-order valence-electron chi connectivity index (χ2n) is 7.03. The number of nitrogens with two attached hydrogens (primary N) is 1. The molecular weight excluding hydrogens is 316 g/mol. The second kappa shape index (κ2) is 9.19. The van der Waals surface area contributed by atoms with Gasteiger partial charge in [-0.15, -0.1) is 0 Å². The average Bonchev–Trinajstić information content (AvgIpc) is 2.66. The summed E-state index contributed by atoms with van der Waals surface area (Å²) in [5.74, 6) is 0.871. The van der Waals surface area contributed by atoms with Crippen molar-refractivity contribution in [3.63, 3.8) is 0 Å². The first-order chi connectivity index (χ1) is 12.4. The first-order valence-electron chi connectivity index (χ1n) is 9.19. The molecule has 0 saturated heterocycles. The summed E-state index contributed by atoms with van der Waals surface area (Å²) >= 11 is 0. The molecule has 0 aliphatic heterocycles. The lowest BCUT2D eigenvalue weighted by molar-refractivity contribution is 0.661. The zero-order valence-corrected chi connectivity index (χ0v) is 16.3. The Kier molecular flexibility index (Phi) is 6.97. The van der Waals surface area contributed by atoms with Crippen molar-refractivity contribution in [2.24, 2.45) is 16.6 Å². The van der Waals surface area contributed by atoms with Crippen LogP contribution in [-0.2, 0) is 0 Å². The van der Waals surface area contributed by atoms with Crippen LogP contribution < -0.4 is 5.73 Å². The highest BCUT2D eigenvalue weighted by Gasteiger charge is 2.13. The van der Waals surface area contributed by atoms with Gasteiger partial charge in [-0.3, -0.25) is 0 Å². The maximum atomic E-state index is 6.22. The Labute approximate surface area is 158 Å². The van der Waals surface area contributed by atoms with Gasteiger partial charge in [-0.25, -0.2) is 4.99 Å². The predicted molar refractivity (Wildman–Crippen MR) is 115 cm³/mol. The lowest BCUT2D eigenvalue weighted by Crippen LogP contribution is -2.07. The van der Waals surface area contributed by atoms with Crippen molar-refractivity contribution in [1.82, 2.24) is 0 Å². The lowest BCUT2D eigenvalue weighted by Gasteiger charge is -2.18. The summed E-state index contributed by atoms with van der Waals surface area (Å²) in [5, 5.41) is 0. The minimum Gasteiger partial charge on any atom is -0.384 e. The fraction of sp³-hybridized carbons (Fsp3) is 0.292. The van der Waals surface area contributed by atoms with Gasteiger partial charge in [0.15, 0.2) is 0 Å². The van der Waals surface area contributed by atoms with Crippen LogP contribution in [0.1, 0.15) is 44.2 Å². The van der Waals surface area contributed by atoms with Gasteiger partial charge in [0.2, 0.25) is 0 Å². The third-order valence-corrected chi connectivity index (χ3v) is 5.01. The topological polar surface area (TPSA) is 38.4 Å². The van der Waals surface area contributed by atoms with Gasteiger partial charge in [-0.2, -0.15) is 0 Å². The van der Waals surface area contributed by atoms with Crippen LogP contribution in [0.25, 0.3) is 5.57 Å². The van der Waals surface area contributed by atoms with Crippen LogP contribution in [0.3, 0.4) is 0 Å². The maximum Gasteiger partial charge on any atom is 0.122 e. The van der Waals surface area contributed by atoms with Gasteiger partial charge in [0.05, 0.1) is 0 Å². The van der Waals surface area contributed by atoms with Gasteiger partial charge in [0.25, 0.3) is 0 Å². The molecule has 2 heteroatoms. The van der Waals surface area contributed by atoms with E-state index in [1.54, 1.807) is 6.21 Å². The van der Waals surface area contributed by atoms with E-state index >= 15 is 0 Å². The minimum atomic E-state index is 0.304. The Morgan fingerprint density at radius 2 is 2.04 bits per heavy atom. The van der Waals surface area contributed by atoms with Crippen LogP contribution >= 0.6 is 0 Å². The third-order valence-electron chi connectivity index (χ3n) is 5.01. The normalized spacial score (nSPS) is 16.2. The van der Waals surface area contributed by atoms with E-state index in [-0.39, 0.29) is 0 Å². The molecule has 1 aromatic carbocycles. The Bertz CT molecular complexity index is 803. The van der Waals surface area contributed by atoms with Crippen molar-refractivity contribution in [1.29, 1.82) is 0 Å². The summed E-state index contributed by atoms with van der Waals surface area (Å²) in [6.07, 6.45) is 11.3. The summed E-state index contributed by atoms with van der Waals surface area (Å²) in [4.78, 5) is 4.46. The van der Waals surface area contributed by atoms with Crippen molar-refractivity contribution in [3.05, 3.63) is 89.3 Å². The smallest absolute Gasteiger partial charge is 0.122 e. The highest BCUT2D eigenvalue weighted by atomic mass is 14.9. The van der Waals surface area contributed by atoms with Gasteiger partial charge in [0.1, 0.15) is 5.82 Å². The van der Waals surface area contributed by atoms with Crippen LogP contribution in [0, 0.1) is 12.8 Å². The molecule has 2 N–H and O–H groups in total. The SMILES string of the molecule is C=C(CC(C)/C(C)=C(\N)N=CC(=C)c1ccccc1C)C1=CC=CCC1. The number of aliphatic imine (C=N–C) groups is 1. The lowest BCUT2D eigenvalue weighted by atomic mass is 9.88. The summed E-state index contributed by atoms with van der Waals surface area (Å²) < 4.78 is 0. The van der Waals surface area contributed by atoms with Crippen molar-refractivity contribution < 1.29 is 0 Å². The molecule has 0 bridgehead atoms. The molecule has 0 amide bonds. The molecule has 0 heterocycles. The largest absolute Gasteiger partial charge is 0.384 e. The summed E-state index contributed by atoms with van der Waals surface area (Å²) in [7, 11) is 0. The van der Waals surface area contributed by atoms with Crippen LogP contribution in [0.15, 0.2) is 83.2 Å². The van der Waals surface area contributed by atoms with Crippen molar-refractivity contribution in [2.45, 2.75) is 40.0 Å². The van der Waals surface area contributed by atoms with Crippen LogP contribution in [-0.4, -0.2) is 6.21 Å². The van der Waals surface area contributed by atoms with Crippen LogP contribution in [0.5, 0.6) is 0 Å². The molecule has 1 aliphatic rings. The minimum absolute atomic E-state index is 0.304. The quantitative estimate of drug-likeness (QED) is 0.593. The summed E-state index contributed by atoms with van der Waals surface area (Å²) in [6.45, 7) is 14.7. The second-order valence-corrected chi connectivity index (χ2v) is 7.03. The molecule has 0 saturated carbocycles. The maximum absolute atomic E-state index is 6.22. The fourth-order valence-corrected chi connectivity index (χ4v) is 3.06. The Hall–Kier alpha value is -2.61. The third kappa shape index (κ3) is 5.19. The van der Waals surface area contributed by atoms with Gasteiger partial charge in [-0.05, 0) is 66.9 Å². The average molecular weight is 347 g/mol. The molecule has 0 aromatic heterocycles. The van der Waals surface area contributed by atoms with E-state index in [0.29, 0.717) is 11.7 Å². The van der Waals surface area contributed by atoms with Crippen molar-refractivity contribution >= 4 is 11.8 Å². The van der Waals surface area contributed by atoms with E-state index in [2.05, 4.69) is 69.3 Å². The monoisotopic (exact) mass is 346 g/mol. The predicted octanol–water partition coefficient (Wildman–Crippen LogP) is 6.13. The number of hydrogen-bond donors (Lipinski definition) is 1. The molecule has 1 unspecified atom stereocenters. The molecule has 1 atom stereocenters. The van der Waals surface area contributed by atoms with E-state index in [4.69, 9.17) is 5.73 Å². The zero-order valence-electron chi connectivity index (χ0n) is 16.3. The molecule has 136 valence electrons. The van der Waals surface area contributed by atoms with Gasteiger partial charge >= 0.3 is 0 Å². The number of allylic oxidation sites excluding steroid dienone is 7. The molecule has 0 radical (unpaired) electrons. The van der Waals surface area contributed by atoms with E-state index in [1.807, 2.05) is 12.1 Å². The highest BCUT2D eigenvalue weighted by Crippen LogP contribution is 2.28. The van der Waals surface area contributed by atoms with Crippen molar-refractivity contribution in [3.8, 4) is 0 Å². The number of nitrogens with zero attached hydrogens (tertiary/aromatic N) is 1. The first kappa shape index (κ1) is 19.7. The van der Waals surface area contributed by atoms with Crippen molar-refractivity contribution in [2.75, 3.05) is 0 Å². The fourth-order valence-electron chi connectivity index (χ4n) is 3.06. The number of hydrogen-bond acceptors (Lipinski definition) is 2. The van der Waals surface area contributed by atoms with Gasteiger partial charge in [-0.1, -0.05) is 68.1 Å². The number of benzene rings is 1. The number of aryl methyl sites for hydroxylation is 1. The first-order valence-corrected chi connectivity index (χ1v) is 9.19. The zero-order chi connectivity index (χ0) is 19.1. The van der Waals surface area contributed by atoms with Crippen LogP contribution in [0.4, 0.5) is 0 Å². The summed E-state index contributed by atoms with van der Waals surface area (Å²) in [6, 6.07) is 8.15. The van der Waals surface area contributed by atoms with E-state index in [1.165, 1.54) is 16.7 Å². The molecule has 1 aliphatic carbocycles. The standard InChI is InChI=1S/C24H30N2/c1-17-11-9-10-14-23(17)20(4)16-26-24(25)21(5)18(2)15-19(3)22-12-7-6-8-13-22/h6-7,9-12,14,16,18H,3-4,8,13,15,25H2,1-2,5H3/b24-21+,26-16?. The summed E-state index contributed by atoms with van der Waals surface area (Å²) in [5.41, 5.74) is 13.0. The van der Waals surface area contributed by atoms with Gasteiger partial charge < -0.3 is 5.73 Å². The Morgan fingerprint density at radius 3 is 2.69 bits per heavy atom. The molecule has 0 spiro atoms. The Balaban J connectivity index is 2.04. The van der Waals surface area contributed by atoms with E-state index in [0.717, 1.165) is 36.0 Å². The van der Waals surface area contributed by atoms with Crippen LogP contribution in [0.2, 0.25) is 0 Å². The molecule has 2 nitrogen and oxygen atoms in total. The van der Waals surface area contributed by atoms with E-state index in [9.17, 15) is 0 Å². The molecule has 2 rings (SSSR count). The molecular formula is C24H30N2. The Morgan fingerprint density at radius 1 is 1.31 bits per heavy atom. The molecule has 1 aromatic rings. The molecule has 26 heavy (non-hydrogen) atoms. The van der Waals surface area contributed by atoms with E-state index < -0.39 is 0 Å². The van der Waals surface area contributed by atoms with Gasteiger partial charge in [0, 0.05) is 6.21 Å². The number of rotatable bonds is 7. The highest BCUT2D eigenvalue weighted by molar-refractivity contribution is 6.09. The molecule has 0 fully saturated rings.